The molecule has 34 heavy (non-hydrogen) atoms. The molecule has 3 heterocycles. The molecule has 4 amide bonds. The lowest BCUT2D eigenvalue weighted by atomic mass is 9.92. The Kier molecular flexibility index (Phi) is 5.25. The van der Waals surface area contributed by atoms with Gasteiger partial charge < -0.3 is 14.6 Å². The summed E-state index contributed by atoms with van der Waals surface area (Å²) in [7, 11) is 1.52. The zero-order chi connectivity index (χ0) is 23.9. The van der Waals surface area contributed by atoms with Gasteiger partial charge in [-0.15, -0.1) is 11.3 Å². The Labute approximate surface area is 198 Å². The number of amides is 4. The van der Waals surface area contributed by atoms with Crippen LogP contribution in [0.4, 0.5) is 4.79 Å². The predicted molar refractivity (Wildman–Crippen MR) is 125 cm³/mol. The van der Waals surface area contributed by atoms with E-state index in [0.717, 1.165) is 5.52 Å². The van der Waals surface area contributed by atoms with Crippen molar-refractivity contribution < 1.29 is 19.1 Å². The lowest BCUT2D eigenvalue weighted by Crippen LogP contribution is -2.48. The second kappa shape index (κ2) is 8.27. The van der Waals surface area contributed by atoms with E-state index in [1.54, 1.807) is 41.3 Å². The Morgan fingerprint density at radius 3 is 2.79 bits per heavy atom. The minimum atomic E-state index is -1.35. The number of carbonyl (C=O) groups is 3. The summed E-state index contributed by atoms with van der Waals surface area (Å²) in [5.41, 5.74) is 5.39. The molecule has 1 atom stereocenters. The number of nitrogens with zero attached hydrogens (tertiary/aromatic N) is 4. The van der Waals surface area contributed by atoms with Crippen LogP contribution in [0, 0.1) is 0 Å². The Hall–Kier alpha value is -4.25. The van der Waals surface area contributed by atoms with Gasteiger partial charge in [-0.2, -0.15) is 5.01 Å². The minimum absolute atomic E-state index is 0.166. The van der Waals surface area contributed by atoms with Gasteiger partial charge >= 0.3 is 6.03 Å². The number of methoxy groups -OCH3 is 1. The number of imidazole rings is 1. The molecule has 10 nitrogen and oxygen atoms in total. The molecular formula is C23H20N6O4S. The maximum absolute atomic E-state index is 13.2. The molecule has 11 heteroatoms. The number of urea groups is 1. The minimum Gasteiger partial charge on any atom is -0.497 e. The van der Waals surface area contributed by atoms with Crippen LogP contribution < -0.4 is 15.5 Å². The normalized spacial score (nSPS) is 17.8. The van der Waals surface area contributed by atoms with Gasteiger partial charge in [0.05, 0.1) is 23.7 Å². The topological polar surface area (TPSA) is 118 Å². The molecule has 5 rings (SSSR count). The third-order valence-electron chi connectivity index (χ3n) is 5.69. The zero-order valence-corrected chi connectivity index (χ0v) is 19.1. The molecule has 0 radical (unpaired) electrons. The molecule has 172 valence electrons. The van der Waals surface area contributed by atoms with Crippen LogP contribution in [0.2, 0.25) is 0 Å². The highest BCUT2D eigenvalue weighted by molar-refractivity contribution is 7.07. The Morgan fingerprint density at radius 2 is 2.03 bits per heavy atom. The summed E-state index contributed by atoms with van der Waals surface area (Å²) in [5.74, 6) is -0.0897. The van der Waals surface area contributed by atoms with Crippen molar-refractivity contribution in [1.82, 2.24) is 30.3 Å². The molecule has 1 aliphatic heterocycles. The van der Waals surface area contributed by atoms with Crippen LogP contribution in [0.25, 0.3) is 22.6 Å². The first-order valence-electron chi connectivity index (χ1n) is 10.4. The summed E-state index contributed by atoms with van der Waals surface area (Å²) in [5, 5.41) is 5.22. The highest BCUT2D eigenvalue weighted by Crippen LogP contribution is 2.30. The van der Waals surface area contributed by atoms with Crippen molar-refractivity contribution in [2.24, 2.45) is 0 Å². The summed E-state index contributed by atoms with van der Waals surface area (Å²) >= 11 is 1.42. The fraction of sp³-hybridized carbons (Fsp3) is 0.174. The average Bonchev–Trinajstić information content (AvgIpc) is 3.55. The molecule has 2 aromatic heterocycles. The lowest BCUT2D eigenvalue weighted by Gasteiger charge is -2.22. The van der Waals surface area contributed by atoms with E-state index in [9.17, 15) is 14.4 Å². The number of hydrogen-bond donors (Lipinski definition) is 2. The van der Waals surface area contributed by atoms with Crippen LogP contribution >= 0.6 is 11.3 Å². The van der Waals surface area contributed by atoms with Gasteiger partial charge in [-0.3, -0.25) is 15.0 Å². The van der Waals surface area contributed by atoms with Crippen LogP contribution in [0.3, 0.4) is 0 Å². The number of ether oxygens (including phenoxy) is 1. The number of imide groups is 1. The van der Waals surface area contributed by atoms with Crippen LogP contribution in [0.15, 0.2) is 59.4 Å². The molecule has 0 aliphatic carbocycles. The molecule has 1 saturated heterocycles. The highest BCUT2D eigenvalue weighted by Gasteiger charge is 2.50. The Balaban J connectivity index is 1.40. The summed E-state index contributed by atoms with van der Waals surface area (Å²) < 4.78 is 6.94. The number of nitrogens with one attached hydrogen (secondary N) is 2. The van der Waals surface area contributed by atoms with E-state index < -0.39 is 23.4 Å². The van der Waals surface area contributed by atoms with Crippen molar-refractivity contribution in [3.05, 3.63) is 65.0 Å². The number of para-hydroxylation sites is 2. The first-order chi connectivity index (χ1) is 16.4. The second-order valence-electron chi connectivity index (χ2n) is 7.85. The standard InChI is InChI=1S/C23H20N6O4S/c1-23(14-6-5-7-15(10-14)33-2)21(31)29(22(32)26-23)27-19(30)11-28-18-9-4-3-8-16(18)25-20(28)17-12-34-13-24-17/h3-10,12-13H,11H2,1-2H3,(H,26,32)(H,27,30). The lowest BCUT2D eigenvalue weighted by molar-refractivity contribution is -0.139. The number of rotatable bonds is 6. The fourth-order valence-electron chi connectivity index (χ4n) is 3.93. The number of carbonyl (C=O) groups excluding carboxylic acids is 3. The van der Waals surface area contributed by atoms with Crippen LogP contribution in [-0.4, -0.2) is 44.5 Å². The van der Waals surface area contributed by atoms with E-state index in [-0.39, 0.29) is 6.54 Å². The zero-order valence-electron chi connectivity index (χ0n) is 18.3. The number of hydrazine groups is 1. The Bertz CT molecular complexity index is 1420. The van der Waals surface area contributed by atoms with Crippen molar-refractivity contribution in [2.45, 2.75) is 19.0 Å². The van der Waals surface area contributed by atoms with E-state index in [1.807, 2.05) is 29.6 Å². The van der Waals surface area contributed by atoms with Crippen molar-refractivity contribution in [1.29, 1.82) is 0 Å². The van der Waals surface area contributed by atoms with Crippen LogP contribution in [-0.2, 0) is 21.7 Å². The third kappa shape index (κ3) is 3.55. The van der Waals surface area contributed by atoms with Gasteiger partial charge in [0, 0.05) is 5.38 Å². The highest BCUT2D eigenvalue weighted by atomic mass is 32.1. The fourth-order valence-corrected chi connectivity index (χ4v) is 4.46. The predicted octanol–water partition coefficient (Wildman–Crippen LogP) is 2.67. The number of thiazole rings is 1. The molecule has 0 spiro atoms. The number of benzene rings is 2. The quantitative estimate of drug-likeness (QED) is 0.413. The van der Waals surface area contributed by atoms with Gasteiger partial charge in [0.2, 0.25) is 0 Å². The maximum atomic E-state index is 13.2. The summed E-state index contributed by atoms with van der Waals surface area (Å²) in [6.07, 6.45) is 0. The van der Waals surface area contributed by atoms with Crippen LogP contribution in [0.1, 0.15) is 12.5 Å². The molecule has 0 bridgehead atoms. The van der Waals surface area contributed by atoms with Crippen molar-refractivity contribution >= 4 is 40.2 Å². The number of fused-ring (bicyclic) bond motifs is 1. The Morgan fingerprint density at radius 1 is 1.21 bits per heavy atom. The molecule has 2 N–H and O–H groups in total. The maximum Gasteiger partial charge on any atom is 0.344 e. The van der Waals surface area contributed by atoms with Gasteiger partial charge in [-0.1, -0.05) is 24.3 Å². The van der Waals surface area contributed by atoms with Crippen molar-refractivity contribution in [3.63, 3.8) is 0 Å². The first kappa shape index (κ1) is 21.6. The molecule has 1 fully saturated rings. The molecular weight excluding hydrogens is 456 g/mol. The molecule has 0 saturated carbocycles. The van der Waals surface area contributed by atoms with Gasteiger partial charge in [-0.05, 0) is 36.8 Å². The van der Waals surface area contributed by atoms with E-state index in [1.165, 1.54) is 18.4 Å². The van der Waals surface area contributed by atoms with Gasteiger partial charge in [-0.25, -0.2) is 14.8 Å². The summed E-state index contributed by atoms with van der Waals surface area (Å²) in [6.45, 7) is 1.41. The van der Waals surface area contributed by atoms with E-state index in [0.29, 0.717) is 33.4 Å². The molecule has 1 unspecified atom stereocenters. The number of hydrogen-bond acceptors (Lipinski definition) is 7. The largest absolute Gasteiger partial charge is 0.497 e. The number of aromatic nitrogens is 3. The van der Waals surface area contributed by atoms with Crippen LogP contribution in [0.5, 0.6) is 5.75 Å². The van der Waals surface area contributed by atoms with Gasteiger partial charge in [0.25, 0.3) is 11.8 Å². The second-order valence-corrected chi connectivity index (χ2v) is 8.57. The summed E-state index contributed by atoms with van der Waals surface area (Å²) in [6, 6.07) is 13.5. The molecule has 4 aromatic rings. The third-order valence-corrected chi connectivity index (χ3v) is 6.28. The van der Waals surface area contributed by atoms with E-state index >= 15 is 0 Å². The molecule has 2 aromatic carbocycles. The summed E-state index contributed by atoms with van der Waals surface area (Å²) in [4.78, 5) is 47.8. The van der Waals surface area contributed by atoms with Gasteiger partial charge in [0.1, 0.15) is 23.5 Å². The van der Waals surface area contributed by atoms with Crippen molar-refractivity contribution in [3.8, 4) is 17.3 Å². The average molecular weight is 477 g/mol. The van der Waals surface area contributed by atoms with Gasteiger partial charge in [0.15, 0.2) is 5.82 Å². The smallest absolute Gasteiger partial charge is 0.344 e. The molecule has 1 aliphatic rings. The van der Waals surface area contributed by atoms with Crippen molar-refractivity contribution in [2.75, 3.05) is 7.11 Å². The van der Waals surface area contributed by atoms with E-state index in [4.69, 9.17) is 4.74 Å². The van der Waals surface area contributed by atoms with E-state index in [2.05, 4.69) is 20.7 Å². The monoisotopic (exact) mass is 476 g/mol. The first-order valence-corrected chi connectivity index (χ1v) is 11.3. The SMILES string of the molecule is COc1cccc(C2(C)NC(=O)N(NC(=O)Cn3c(-c4cscn4)nc4ccccc43)C2=O)c1.